The topological polar surface area (TPSA) is 109 Å². The molecule has 1 aliphatic heterocycles. The van der Waals surface area contributed by atoms with Gasteiger partial charge in [0.25, 0.3) is 10.0 Å². The van der Waals surface area contributed by atoms with E-state index in [1.807, 2.05) is 21.0 Å². The van der Waals surface area contributed by atoms with Crippen molar-refractivity contribution in [3.63, 3.8) is 0 Å². The van der Waals surface area contributed by atoms with Crippen LogP contribution in [0, 0.1) is 0 Å². The minimum atomic E-state index is -3.65. The smallest absolute Gasteiger partial charge is 0.263 e. The Morgan fingerprint density at radius 2 is 2.10 bits per heavy atom. The second-order valence-corrected chi connectivity index (χ2v) is 9.17. The Labute approximate surface area is 177 Å². The molecule has 1 aromatic carbocycles. The first-order valence-corrected chi connectivity index (χ1v) is 11.5. The van der Waals surface area contributed by atoms with Crippen molar-refractivity contribution in [3.8, 4) is 0 Å². The molecule has 0 aliphatic carbocycles. The molecule has 1 unspecified atom stereocenters. The van der Waals surface area contributed by atoms with E-state index in [0.717, 1.165) is 19.4 Å². The molecule has 0 saturated carbocycles. The summed E-state index contributed by atoms with van der Waals surface area (Å²) in [5.74, 6) is -0.0739. The van der Waals surface area contributed by atoms with E-state index < -0.39 is 16.1 Å². The van der Waals surface area contributed by atoms with Gasteiger partial charge in [0.2, 0.25) is 5.91 Å². The predicted molar refractivity (Wildman–Crippen MR) is 116 cm³/mol. The average Bonchev–Trinajstić information content (AvgIpc) is 3.25. The standard InChI is InChI=1S/C20H28N6O3S/c1-4-5-9-17(20(27)22-15-13-21-26(14-15)12-11-25(2)3)23-19-16-8-6-7-10-18(16)30(28,29)24-19/h6-8,10,13-14,17H,4-5,9,11-12H2,1-3H3,(H,22,27)(H,23,24). The summed E-state index contributed by atoms with van der Waals surface area (Å²) in [6.45, 7) is 3.58. The molecule has 3 rings (SSSR count). The number of unbranched alkanes of at least 4 members (excludes halogenated alkanes) is 1. The van der Waals surface area contributed by atoms with Gasteiger partial charge in [0.1, 0.15) is 11.9 Å². The summed E-state index contributed by atoms with van der Waals surface area (Å²) >= 11 is 0. The van der Waals surface area contributed by atoms with E-state index in [0.29, 0.717) is 24.2 Å². The van der Waals surface area contributed by atoms with Crippen molar-refractivity contribution in [1.82, 2.24) is 19.4 Å². The fourth-order valence-electron chi connectivity index (χ4n) is 3.12. The number of fused-ring (bicyclic) bond motifs is 1. The lowest BCUT2D eigenvalue weighted by atomic mass is 10.1. The Bertz CT molecular complexity index is 1030. The number of rotatable bonds is 9. The molecular weight excluding hydrogens is 404 g/mol. The van der Waals surface area contributed by atoms with E-state index in [-0.39, 0.29) is 16.6 Å². The second-order valence-electron chi connectivity index (χ2n) is 7.52. The molecule has 2 heterocycles. The van der Waals surface area contributed by atoms with E-state index in [2.05, 4.69) is 25.0 Å². The van der Waals surface area contributed by atoms with Crippen molar-refractivity contribution in [2.75, 3.05) is 26.0 Å². The van der Waals surface area contributed by atoms with Crippen LogP contribution in [0.2, 0.25) is 0 Å². The number of amidine groups is 1. The van der Waals surface area contributed by atoms with E-state index in [1.54, 1.807) is 35.3 Å². The van der Waals surface area contributed by atoms with E-state index in [9.17, 15) is 13.2 Å². The molecule has 10 heteroatoms. The molecule has 1 aromatic heterocycles. The van der Waals surface area contributed by atoms with Gasteiger partial charge in [-0.25, -0.2) is 8.42 Å². The Balaban J connectivity index is 1.78. The fraction of sp³-hybridized carbons (Fsp3) is 0.450. The molecule has 2 N–H and O–H groups in total. The number of nitrogens with zero attached hydrogens (tertiary/aromatic N) is 4. The first-order chi connectivity index (χ1) is 14.3. The van der Waals surface area contributed by atoms with Crippen LogP contribution in [-0.2, 0) is 21.4 Å². The van der Waals surface area contributed by atoms with Crippen molar-refractivity contribution < 1.29 is 13.2 Å². The largest absolute Gasteiger partial charge is 0.322 e. The number of likely N-dealkylation sites (N-methyl/N-ethyl adjacent to an activating group) is 1. The van der Waals surface area contributed by atoms with Gasteiger partial charge in [0.15, 0.2) is 0 Å². The Hall–Kier alpha value is -2.72. The number of amides is 1. The number of hydrogen-bond donors (Lipinski definition) is 2. The van der Waals surface area contributed by atoms with Crippen LogP contribution in [0.1, 0.15) is 31.7 Å². The van der Waals surface area contributed by atoms with Crippen molar-refractivity contribution in [2.24, 2.45) is 4.99 Å². The monoisotopic (exact) mass is 432 g/mol. The SMILES string of the molecule is CCCCC(N=C1NS(=O)(=O)c2ccccc21)C(=O)Nc1cnn(CCN(C)C)c1. The number of anilines is 1. The summed E-state index contributed by atoms with van der Waals surface area (Å²) in [6, 6.07) is 5.92. The summed E-state index contributed by atoms with van der Waals surface area (Å²) in [7, 11) is 0.325. The molecule has 1 atom stereocenters. The second kappa shape index (κ2) is 9.40. The van der Waals surface area contributed by atoms with Gasteiger partial charge in [-0.2, -0.15) is 5.10 Å². The van der Waals surface area contributed by atoms with Crippen LogP contribution >= 0.6 is 0 Å². The Kier molecular flexibility index (Phi) is 6.88. The fourth-order valence-corrected chi connectivity index (χ4v) is 4.35. The molecule has 0 bridgehead atoms. The Morgan fingerprint density at radius 1 is 1.33 bits per heavy atom. The van der Waals surface area contributed by atoms with Crippen LogP contribution in [0.15, 0.2) is 46.5 Å². The van der Waals surface area contributed by atoms with Crippen LogP contribution in [0.4, 0.5) is 5.69 Å². The summed E-state index contributed by atoms with van der Waals surface area (Å²) in [4.78, 5) is 19.6. The third-order valence-electron chi connectivity index (χ3n) is 4.76. The number of hydrogen-bond acceptors (Lipinski definition) is 6. The first-order valence-electron chi connectivity index (χ1n) is 9.98. The summed E-state index contributed by atoms with van der Waals surface area (Å²) in [5.41, 5.74) is 1.08. The van der Waals surface area contributed by atoms with Crippen LogP contribution in [0.3, 0.4) is 0 Å². The molecular formula is C20H28N6O3S. The first kappa shape index (κ1) is 22.0. The minimum absolute atomic E-state index is 0.181. The van der Waals surface area contributed by atoms with Crippen molar-refractivity contribution in [2.45, 2.75) is 43.7 Å². The van der Waals surface area contributed by atoms with Gasteiger partial charge in [0.05, 0.1) is 23.3 Å². The average molecular weight is 433 g/mol. The maximum Gasteiger partial charge on any atom is 0.263 e. The van der Waals surface area contributed by atoms with Crippen LogP contribution < -0.4 is 10.0 Å². The van der Waals surface area contributed by atoms with E-state index in [1.165, 1.54) is 6.07 Å². The molecule has 1 aliphatic rings. The van der Waals surface area contributed by atoms with Gasteiger partial charge < -0.3 is 10.2 Å². The number of carbonyl (C=O) groups is 1. The minimum Gasteiger partial charge on any atom is -0.322 e. The predicted octanol–water partition coefficient (Wildman–Crippen LogP) is 1.68. The third kappa shape index (κ3) is 5.25. The maximum atomic E-state index is 12.9. The normalized spacial score (nSPS) is 17.0. The molecule has 162 valence electrons. The van der Waals surface area contributed by atoms with Gasteiger partial charge in [0, 0.05) is 18.3 Å². The number of benzene rings is 1. The molecule has 0 fully saturated rings. The number of sulfonamides is 1. The van der Waals surface area contributed by atoms with E-state index in [4.69, 9.17) is 0 Å². The highest BCUT2D eigenvalue weighted by Gasteiger charge is 2.31. The zero-order chi connectivity index (χ0) is 21.7. The van der Waals surface area contributed by atoms with Crippen LogP contribution in [-0.4, -0.2) is 61.5 Å². The molecule has 1 amide bonds. The third-order valence-corrected chi connectivity index (χ3v) is 6.16. The van der Waals surface area contributed by atoms with Gasteiger partial charge in [-0.1, -0.05) is 31.9 Å². The van der Waals surface area contributed by atoms with Gasteiger partial charge in [-0.05, 0) is 32.6 Å². The summed E-state index contributed by atoms with van der Waals surface area (Å²) < 4.78 is 28.9. The summed E-state index contributed by atoms with van der Waals surface area (Å²) in [5, 5.41) is 7.12. The number of carbonyl (C=O) groups excluding carboxylic acids is 1. The van der Waals surface area contributed by atoms with Crippen molar-refractivity contribution in [3.05, 3.63) is 42.2 Å². The highest BCUT2D eigenvalue weighted by atomic mass is 32.2. The molecule has 0 radical (unpaired) electrons. The lowest BCUT2D eigenvalue weighted by molar-refractivity contribution is -0.117. The molecule has 0 saturated heterocycles. The number of aromatic nitrogens is 2. The number of nitrogens with one attached hydrogen (secondary N) is 2. The Morgan fingerprint density at radius 3 is 2.83 bits per heavy atom. The van der Waals surface area contributed by atoms with Gasteiger partial charge in [-0.15, -0.1) is 0 Å². The van der Waals surface area contributed by atoms with E-state index >= 15 is 0 Å². The van der Waals surface area contributed by atoms with Gasteiger partial charge >= 0.3 is 0 Å². The lowest BCUT2D eigenvalue weighted by Crippen LogP contribution is -2.30. The van der Waals surface area contributed by atoms with Crippen molar-refractivity contribution in [1.29, 1.82) is 0 Å². The highest BCUT2D eigenvalue weighted by Crippen LogP contribution is 2.23. The van der Waals surface area contributed by atoms with Gasteiger partial charge in [-0.3, -0.25) is 19.2 Å². The van der Waals surface area contributed by atoms with Crippen LogP contribution in [0.5, 0.6) is 0 Å². The quantitative estimate of drug-likeness (QED) is 0.627. The molecule has 0 spiro atoms. The molecule has 2 aromatic rings. The lowest BCUT2D eigenvalue weighted by Gasteiger charge is -2.13. The molecule has 30 heavy (non-hydrogen) atoms. The highest BCUT2D eigenvalue weighted by molar-refractivity contribution is 7.90. The number of aliphatic imine (C=N–C) groups is 1. The molecule has 9 nitrogen and oxygen atoms in total. The summed E-state index contributed by atoms with van der Waals surface area (Å²) in [6.07, 6.45) is 5.60. The van der Waals surface area contributed by atoms with Crippen LogP contribution in [0.25, 0.3) is 0 Å². The zero-order valence-electron chi connectivity index (χ0n) is 17.5. The maximum absolute atomic E-state index is 12.9. The van der Waals surface area contributed by atoms with Crippen molar-refractivity contribution >= 4 is 27.5 Å². The zero-order valence-corrected chi connectivity index (χ0v) is 18.3.